The van der Waals surface area contributed by atoms with Crippen molar-refractivity contribution in [1.82, 2.24) is 10.6 Å². The molecule has 2 rings (SSSR count). The molecule has 1 aromatic rings. The van der Waals surface area contributed by atoms with Crippen LogP contribution >= 0.6 is 35.7 Å². The van der Waals surface area contributed by atoms with E-state index in [-0.39, 0.29) is 24.0 Å². The van der Waals surface area contributed by atoms with Crippen LogP contribution in [0.15, 0.2) is 15.5 Å². The first-order chi connectivity index (χ1) is 10.1. The van der Waals surface area contributed by atoms with E-state index in [1.807, 2.05) is 20.9 Å². The number of hydrogen-bond acceptors (Lipinski definition) is 3. The van der Waals surface area contributed by atoms with Crippen LogP contribution in [-0.4, -0.2) is 30.1 Å². The normalized spacial score (nSPS) is 21.5. The van der Waals surface area contributed by atoms with E-state index in [0.29, 0.717) is 6.04 Å². The van der Waals surface area contributed by atoms with Gasteiger partial charge in [-0.1, -0.05) is 6.92 Å². The van der Waals surface area contributed by atoms with Gasteiger partial charge in [0.2, 0.25) is 0 Å². The summed E-state index contributed by atoms with van der Waals surface area (Å²) < 4.78 is 5.55. The fourth-order valence-electron chi connectivity index (χ4n) is 2.88. The Labute approximate surface area is 155 Å². The van der Waals surface area contributed by atoms with Crippen LogP contribution in [0.4, 0.5) is 0 Å². The van der Waals surface area contributed by atoms with Crippen molar-refractivity contribution in [3.8, 4) is 0 Å². The highest BCUT2D eigenvalue weighted by atomic mass is 127. The molecule has 2 unspecified atom stereocenters. The van der Waals surface area contributed by atoms with Crippen LogP contribution in [0.5, 0.6) is 0 Å². The van der Waals surface area contributed by atoms with Gasteiger partial charge in [-0.05, 0) is 44.9 Å². The highest BCUT2D eigenvalue weighted by Gasteiger charge is 2.25. The highest BCUT2D eigenvalue weighted by molar-refractivity contribution is 14.0. The summed E-state index contributed by atoms with van der Waals surface area (Å²) in [5.41, 5.74) is 1.20. The fraction of sp³-hybridized carbons (Fsp3) is 0.688. The second-order valence-electron chi connectivity index (χ2n) is 5.60. The van der Waals surface area contributed by atoms with Gasteiger partial charge in [0.05, 0.1) is 0 Å². The van der Waals surface area contributed by atoms with Crippen molar-refractivity contribution in [3.05, 3.63) is 23.2 Å². The number of rotatable bonds is 5. The molecule has 1 aliphatic rings. The average molecular weight is 437 g/mol. The lowest BCUT2D eigenvalue weighted by Crippen LogP contribution is -2.42. The molecule has 0 aromatic carbocycles. The van der Waals surface area contributed by atoms with E-state index in [1.165, 1.54) is 30.6 Å². The van der Waals surface area contributed by atoms with Crippen molar-refractivity contribution in [2.45, 2.75) is 57.9 Å². The Bertz CT molecular complexity index is 490. The van der Waals surface area contributed by atoms with Crippen LogP contribution in [0.1, 0.15) is 43.3 Å². The lowest BCUT2D eigenvalue weighted by molar-refractivity contribution is 0.500. The lowest BCUT2D eigenvalue weighted by atomic mass is 10.2. The van der Waals surface area contributed by atoms with Crippen molar-refractivity contribution in [3.63, 3.8) is 0 Å². The quantitative estimate of drug-likeness (QED) is 0.418. The number of thioether (sulfide) groups is 1. The van der Waals surface area contributed by atoms with Gasteiger partial charge in [-0.25, -0.2) is 0 Å². The number of hydrogen-bond donors (Lipinski definition) is 2. The topological polar surface area (TPSA) is 49.6 Å². The summed E-state index contributed by atoms with van der Waals surface area (Å²) in [6.45, 7) is 6.97. The molecule has 0 bridgehead atoms. The molecule has 0 spiro atoms. The molecule has 1 saturated carbocycles. The zero-order valence-electron chi connectivity index (χ0n) is 13.9. The number of nitrogens with zero attached hydrogens (tertiary/aromatic N) is 1. The van der Waals surface area contributed by atoms with Crippen LogP contribution in [0.25, 0.3) is 0 Å². The summed E-state index contributed by atoms with van der Waals surface area (Å²) in [7, 11) is 1.83. The highest BCUT2D eigenvalue weighted by Crippen LogP contribution is 2.29. The Morgan fingerprint density at radius 1 is 1.41 bits per heavy atom. The monoisotopic (exact) mass is 437 g/mol. The van der Waals surface area contributed by atoms with Gasteiger partial charge in [-0.2, -0.15) is 11.8 Å². The molecule has 2 N–H and O–H groups in total. The van der Waals surface area contributed by atoms with Crippen molar-refractivity contribution < 1.29 is 4.42 Å². The van der Waals surface area contributed by atoms with Gasteiger partial charge >= 0.3 is 0 Å². The number of aliphatic imine (C=N–C) groups is 1. The maximum atomic E-state index is 5.55. The molecule has 1 heterocycles. The third kappa shape index (κ3) is 5.68. The SMILES string of the molecule is CCSC1CCC(NC(=NC)NCc2cc(C)oc2C)C1.I. The summed E-state index contributed by atoms with van der Waals surface area (Å²) in [5.74, 6) is 4.04. The fourth-order valence-corrected chi connectivity index (χ4v) is 4.03. The summed E-state index contributed by atoms with van der Waals surface area (Å²) >= 11 is 2.08. The van der Waals surface area contributed by atoms with Crippen LogP contribution in [0.3, 0.4) is 0 Å². The number of aryl methyl sites for hydroxylation is 2. The number of halogens is 1. The molecule has 1 fully saturated rings. The Hall–Kier alpha value is -0.370. The average Bonchev–Trinajstić information content (AvgIpc) is 3.01. The van der Waals surface area contributed by atoms with Crippen molar-refractivity contribution in [2.75, 3.05) is 12.8 Å². The van der Waals surface area contributed by atoms with Crippen molar-refractivity contribution in [1.29, 1.82) is 0 Å². The second-order valence-corrected chi connectivity index (χ2v) is 7.17. The summed E-state index contributed by atoms with van der Waals surface area (Å²) in [5, 5.41) is 7.74. The first-order valence-corrected chi connectivity index (χ1v) is 8.82. The maximum absolute atomic E-state index is 5.55. The predicted octanol–water partition coefficient (Wildman–Crippen LogP) is 3.85. The van der Waals surface area contributed by atoms with E-state index in [1.54, 1.807) is 0 Å². The maximum Gasteiger partial charge on any atom is 0.191 e. The largest absolute Gasteiger partial charge is 0.466 e. The number of furan rings is 1. The molecule has 0 amide bonds. The van der Waals surface area contributed by atoms with Gasteiger partial charge in [-0.15, -0.1) is 24.0 Å². The third-order valence-electron chi connectivity index (χ3n) is 3.94. The molecule has 22 heavy (non-hydrogen) atoms. The third-order valence-corrected chi connectivity index (χ3v) is 5.17. The lowest BCUT2D eigenvalue weighted by Gasteiger charge is -2.17. The van der Waals surface area contributed by atoms with Crippen LogP contribution in [-0.2, 0) is 6.54 Å². The molecule has 0 saturated heterocycles. The van der Waals surface area contributed by atoms with Gasteiger partial charge in [0.25, 0.3) is 0 Å². The minimum atomic E-state index is 0. The molecule has 1 aromatic heterocycles. The van der Waals surface area contributed by atoms with E-state index in [2.05, 4.69) is 40.4 Å². The van der Waals surface area contributed by atoms with Crippen LogP contribution in [0.2, 0.25) is 0 Å². The first kappa shape index (κ1) is 19.7. The van der Waals surface area contributed by atoms with Gasteiger partial charge in [0.15, 0.2) is 5.96 Å². The second kappa shape index (κ2) is 9.70. The molecular formula is C16H28IN3OS. The van der Waals surface area contributed by atoms with Gasteiger partial charge in [0.1, 0.15) is 11.5 Å². The molecule has 6 heteroatoms. The Kier molecular flexibility index (Phi) is 8.67. The zero-order valence-corrected chi connectivity index (χ0v) is 17.1. The van der Waals surface area contributed by atoms with E-state index >= 15 is 0 Å². The number of guanidine groups is 1. The molecule has 1 aliphatic carbocycles. The Balaban J connectivity index is 0.00000242. The Morgan fingerprint density at radius 3 is 2.77 bits per heavy atom. The summed E-state index contributed by atoms with van der Waals surface area (Å²) in [4.78, 5) is 4.33. The van der Waals surface area contributed by atoms with Crippen molar-refractivity contribution >= 4 is 41.7 Å². The zero-order chi connectivity index (χ0) is 15.2. The predicted molar refractivity (Wildman–Crippen MR) is 106 cm³/mol. The minimum Gasteiger partial charge on any atom is -0.466 e. The van der Waals surface area contributed by atoms with E-state index in [9.17, 15) is 0 Å². The van der Waals surface area contributed by atoms with E-state index in [4.69, 9.17) is 4.42 Å². The van der Waals surface area contributed by atoms with Gasteiger partial charge < -0.3 is 15.1 Å². The molecule has 0 radical (unpaired) electrons. The molecule has 4 nitrogen and oxygen atoms in total. The standard InChI is InChI=1S/C16H27N3OS.HI/c1-5-21-15-7-6-14(9-15)19-16(17-4)18-10-13-8-11(2)20-12(13)3;/h8,14-15H,5-7,9-10H2,1-4H3,(H2,17,18,19);1H. The Morgan fingerprint density at radius 2 is 2.18 bits per heavy atom. The van der Waals surface area contributed by atoms with E-state index in [0.717, 1.165) is 29.3 Å². The smallest absolute Gasteiger partial charge is 0.191 e. The minimum absolute atomic E-state index is 0. The van der Waals surface area contributed by atoms with Gasteiger partial charge in [-0.3, -0.25) is 4.99 Å². The van der Waals surface area contributed by atoms with Crippen LogP contribution in [0, 0.1) is 13.8 Å². The molecule has 2 atom stereocenters. The first-order valence-electron chi connectivity index (χ1n) is 7.77. The molecule has 126 valence electrons. The van der Waals surface area contributed by atoms with Crippen molar-refractivity contribution in [2.24, 2.45) is 4.99 Å². The number of nitrogens with one attached hydrogen (secondary N) is 2. The van der Waals surface area contributed by atoms with E-state index < -0.39 is 0 Å². The summed E-state index contributed by atoms with van der Waals surface area (Å²) in [6, 6.07) is 2.63. The van der Waals surface area contributed by atoms with Gasteiger partial charge in [0, 0.05) is 30.4 Å². The molecular weight excluding hydrogens is 409 g/mol. The van der Waals surface area contributed by atoms with Crippen LogP contribution < -0.4 is 10.6 Å². The molecule has 0 aliphatic heterocycles. The summed E-state index contributed by atoms with van der Waals surface area (Å²) in [6.07, 6.45) is 3.79.